The van der Waals surface area contributed by atoms with Crippen molar-refractivity contribution in [3.05, 3.63) is 46.2 Å². The van der Waals surface area contributed by atoms with Crippen LogP contribution in [0.1, 0.15) is 38.2 Å². The standard InChI is InChI=1S/C18H19ClN2O2S/c1-18(2)7-13(22)16(14(23)8-18)15(12(9-20)17(21)24)10-3-5-11(19)6-4-10/h3-6,12,15,22H,7-8H2,1-2H3,(H2,21,24)/t12-,15+/m0/s1. The number of Topliss-reactive ketones (excluding diaryl/α,β-unsaturated/α-hetero) is 1. The molecule has 1 aromatic rings. The summed E-state index contributed by atoms with van der Waals surface area (Å²) in [5.74, 6) is -1.76. The summed E-state index contributed by atoms with van der Waals surface area (Å²) in [7, 11) is 0. The van der Waals surface area contributed by atoms with Gasteiger partial charge in [0.15, 0.2) is 5.78 Å². The smallest absolute Gasteiger partial charge is 0.163 e. The Hall–Kier alpha value is -1.90. The van der Waals surface area contributed by atoms with Gasteiger partial charge < -0.3 is 10.8 Å². The third-order valence-corrected chi connectivity index (χ3v) is 4.72. The molecule has 0 bridgehead atoms. The average molecular weight is 363 g/mol. The maximum Gasteiger partial charge on any atom is 0.163 e. The lowest BCUT2D eigenvalue weighted by Gasteiger charge is -2.34. The number of thiocarbonyl (C=S) groups is 1. The maximum absolute atomic E-state index is 12.7. The number of halogens is 1. The van der Waals surface area contributed by atoms with Crippen LogP contribution in [0.15, 0.2) is 35.6 Å². The molecule has 0 aromatic heterocycles. The molecule has 0 aliphatic heterocycles. The first-order valence-corrected chi connectivity index (χ1v) is 8.34. The number of carbonyl (C=O) groups excluding carboxylic acids is 1. The molecule has 0 saturated carbocycles. The molecule has 126 valence electrons. The van der Waals surface area contributed by atoms with Gasteiger partial charge in [-0.25, -0.2) is 0 Å². The number of rotatable bonds is 4. The fourth-order valence-electron chi connectivity index (χ4n) is 3.15. The van der Waals surface area contributed by atoms with E-state index in [1.807, 2.05) is 13.8 Å². The minimum absolute atomic E-state index is 0.00427. The zero-order valence-corrected chi connectivity index (χ0v) is 15.1. The predicted octanol–water partition coefficient (Wildman–Crippen LogP) is 4.05. The van der Waals surface area contributed by atoms with E-state index in [9.17, 15) is 15.2 Å². The van der Waals surface area contributed by atoms with E-state index in [0.29, 0.717) is 23.4 Å². The second-order valence-corrected chi connectivity index (χ2v) is 7.75. The van der Waals surface area contributed by atoms with E-state index in [1.165, 1.54) is 0 Å². The van der Waals surface area contributed by atoms with Crippen LogP contribution in [0.2, 0.25) is 5.02 Å². The normalized spacial score (nSPS) is 19.5. The van der Waals surface area contributed by atoms with Crippen LogP contribution in [-0.2, 0) is 4.79 Å². The predicted molar refractivity (Wildman–Crippen MR) is 97.8 cm³/mol. The maximum atomic E-state index is 12.7. The molecule has 2 atom stereocenters. The molecule has 1 aliphatic rings. The molecule has 1 aromatic carbocycles. The number of benzene rings is 1. The number of nitrogens with two attached hydrogens (primary N) is 1. The number of hydrogen-bond acceptors (Lipinski definition) is 4. The highest BCUT2D eigenvalue weighted by molar-refractivity contribution is 7.80. The Morgan fingerprint density at radius 1 is 1.38 bits per heavy atom. The third-order valence-electron chi connectivity index (χ3n) is 4.22. The van der Waals surface area contributed by atoms with Gasteiger partial charge in [-0.2, -0.15) is 5.26 Å². The molecule has 2 rings (SSSR count). The largest absolute Gasteiger partial charge is 0.512 e. The summed E-state index contributed by atoms with van der Waals surface area (Å²) < 4.78 is 0. The molecule has 0 amide bonds. The lowest BCUT2D eigenvalue weighted by molar-refractivity contribution is -0.118. The van der Waals surface area contributed by atoms with E-state index >= 15 is 0 Å². The lowest BCUT2D eigenvalue weighted by atomic mass is 9.70. The molecule has 0 radical (unpaired) electrons. The van der Waals surface area contributed by atoms with Gasteiger partial charge in [0, 0.05) is 29.4 Å². The van der Waals surface area contributed by atoms with Crippen molar-refractivity contribution in [2.75, 3.05) is 0 Å². The molecular formula is C18H19ClN2O2S. The third kappa shape index (κ3) is 3.77. The number of carbonyl (C=O) groups is 1. The van der Waals surface area contributed by atoms with Crippen molar-refractivity contribution >= 4 is 34.6 Å². The van der Waals surface area contributed by atoms with Gasteiger partial charge >= 0.3 is 0 Å². The van der Waals surface area contributed by atoms with Crippen molar-refractivity contribution < 1.29 is 9.90 Å². The summed E-state index contributed by atoms with van der Waals surface area (Å²) >= 11 is 11.0. The molecule has 24 heavy (non-hydrogen) atoms. The quantitative estimate of drug-likeness (QED) is 0.789. The number of aliphatic hydroxyl groups excluding tert-OH is 1. The van der Waals surface area contributed by atoms with Crippen molar-refractivity contribution in [1.29, 1.82) is 5.26 Å². The Kier molecular flexibility index (Phi) is 5.32. The van der Waals surface area contributed by atoms with Gasteiger partial charge in [0.05, 0.1) is 11.1 Å². The van der Waals surface area contributed by atoms with Crippen molar-refractivity contribution in [2.24, 2.45) is 17.1 Å². The Bertz CT molecular complexity index is 747. The van der Waals surface area contributed by atoms with Gasteiger partial charge in [0.25, 0.3) is 0 Å². The fourth-order valence-corrected chi connectivity index (χ4v) is 3.47. The van der Waals surface area contributed by atoms with Crippen LogP contribution in [0.3, 0.4) is 0 Å². The summed E-state index contributed by atoms with van der Waals surface area (Å²) in [6.45, 7) is 3.84. The molecular weight excluding hydrogens is 344 g/mol. The summed E-state index contributed by atoms with van der Waals surface area (Å²) in [5.41, 5.74) is 6.32. The number of nitriles is 1. The van der Waals surface area contributed by atoms with E-state index in [2.05, 4.69) is 6.07 Å². The minimum Gasteiger partial charge on any atom is -0.512 e. The molecule has 0 heterocycles. The van der Waals surface area contributed by atoms with Gasteiger partial charge in [-0.15, -0.1) is 0 Å². The van der Waals surface area contributed by atoms with Crippen LogP contribution < -0.4 is 5.73 Å². The van der Waals surface area contributed by atoms with Crippen LogP contribution in [-0.4, -0.2) is 15.9 Å². The summed E-state index contributed by atoms with van der Waals surface area (Å²) in [4.78, 5) is 12.7. The fraction of sp³-hybridized carbons (Fsp3) is 0.389. The summed E-state index contributed by atoms with van der Waals surface area (Å²) in [6.07, 6.45) is 0.666. The average Bonchev–Trinajstić information content (AvgIpc) is 2.45. The van der Waals surface area contributed by atoms with Gasteiger partial charge in [-0.1, -0.05) is 49.8 Å². The van der Waals surface area contributed by atoms with Crippen LogP contribution in [0.5, 0.6) is 0 Å². The molecule has 0 fully saturated rings. The number of hydrogen-bond donors (Lipinski definition) is 2. The Balaban J connectivity index is 2.62. The van der Waals surface area contributed by atoms with Gasteiger partial charge in [0.2, 0.25) is 0 Å². The molecule has 1 aliphatic carbocycles. The summed E-state index contributed by atoms with van der Waals surface area (Å²) in [5, 5.41) is 20.6. The molecule has 0 unspecified atom stereocenters. The van der Waals surface area contributed by atoms with Crippen LogP contribution >= 0.6 is 23.8 Å². The minimum atomic E-state index is -0.886. The van der Waals surface area contributed by atoms with Crippen LogP contribution in [0, 0.1) is 22.7 Å². The van der Waals surface area contributed by atoms with Crippen molar-refractivity contribution in [3.8, 4) is 6.07 Å². The van der Waals surface area contributed by atoms with Crippen molar-refractivity contribution in [2.45, 2.75) is 32.6 Å². The van der Waals surface area contributed by atoms with E-state index in [0.717, 1.165) is 0 Å². The monoisotopic (exact) mass is 362 g/mol. The second-order valence-electron chi connectivity index (χ2n) is 6.84. The van der Waals surface area contributed by atoms with Crippen LogP contribution in [0.25, 0.3) is 0 Å². The van der Waals surface area contributed by atoms with Crippen LogP contribution in [0.4, 0.5) is 0 Å². The first-order chi connectivity index (χ1) is 11.2. The first kappa shape index (κ1) is 18.4. The van der Waals surface area contributed by atoms with E-state index in [-0.39, 0.29) is 27.5 Å². The molecule has 3 N–H and O–H groups in total. The zero-order valence-electron chi connectivity index (χ0n) is 13.5. The summed E-state index contributed by atoms with van der Waals surface area (Å²) in [6, 6.07) is 8.87. The topological polar surface area (TPSA) is 87.1 Å². The SMILES string of the molecule is CC1(C)CC(=O)C([C@H](c2ccc(Cl)cc2)[C@H](C#N)C(N)=S)=C(O)C1. The Morgan fingerprint density at radius 2 is 1.96 bits per heavy atom. The van der Waals surface area contributed by atoms with Crippen molar-refractivity contribution in [1.82, 2.24) is 0 Å². The highest BCUT2D eigenvalue weighted by atomic mass is 35.5. The highest BCUT2D eigenvalue weighted by Gasteiger charge is 2.40. The van der Waals surface area contributed by atoms with E-state index in [4.69, 9.17) is 29.6 Å². The van der Waals surface area contributed by atoms with Gasteiger partial charge in [0.1, 0.15) is 11.7 Å². The highest BCUT2D eigenvalue weighted by Crippen LogP contribution is 2.43. The second kappa shape index (κ2) is 6.92. The molecule has 0 spiro atoms. The molecule has 4 nitrogen and oxygen atoms in total. The Morgan fingerprint density at radius 3 is 2.42 bits per heavy atom. The van der Waals surface area contributed by atoms with Gasteiger partial charge in [-0.05, 0) is 23.1 Å². The van der Waals surface area contributed by atoms with E-state index in [1.54, 1.807) is 24.3 Å². The Labute approximate surface area is 151 Å². The molecule has 0 saturated heterocycles. The number of nitrogens with zero attached hydrogens (tertiary/aromatic N) is 1. The molecule has 6 heteroatoms. The number of ketones is 1. The number of allylic oxidation sites excluding steroid dienone is 2. The van der Waals surface area contributed by atoms with Crippen molar-refractivity contribution in [3.63, 3.8) is 0 Å². The first-order valence-electron chi connectivity index (χ1n) is 7.56. The lowest BCUT2D eigenvalue weighted by Crippen LogP contribution is -2.34. The zero-order chi connectivity index (χ0) is 18.1. The van der Waals surface area contributed by atoms with E-state index < -0.39 is 11.8 Å². The van der Waals surface area contributed by atoms with Gasteiger partial charge in [-0.3, -0.25) is 4.79 Å². The number of aliphatic hydroxyl groups is 1.